The molecule has 0 heterocycles. The zero-order chi connectivity index (χ0) is 30.4. The summed E-state index contributed by atoms with van der Waals surface area (Å²) in [4.78, 5) is 0. The third kappa shape index (κ3) is 9.05. The minimum atomic E-state index is -4.44. The van der Waals surface area contributed by atoms with Crippen LogP contribution in [0.25, 0.3) is 0 Å². The van der Waals surface area contributed by atoms with Gasteiger partial charge in [-0.25, -0.2) is 0 Å². The molecule has 1 fully saturated rings. The Morgan fingerprint density at radius 1 is 1.10 bits per heavy atom. The van der Waals surface area contributed by atoms with Crippen LogP contribution in [0.3, 0.4) is 0 Å². The average Bonchev–Trinajstić information content (AvgIpc) is 3.16. The fourth-order valence-electron chi connectivity index (χ4n) is 5.20. The lowest BCUT2D eigenvalue weighted by Crippen LogP contribution is -2.45. The fraction of sp³-hybridized carbons (Fsp3) is 0.677. The lowest BCUT2D eigenvalue weighted by molar-refractivity contribution is -0.137. The van der Waals surface area contributed by atoms with Gasteiger partial charge in [0.05, 0.1) is 23.9 Å². The van der Waals surface area contributed by atoms with E-state index in [1.807, 2.05) is 12.2 Å². The summed E-state index contributed by atoms with van der Waals surface area (Å²) >= 11 is 0. The van der Waals surface area contributed by atoms with Crippen molar-refractivity contribution in [3.8, 4) is 5.75 Å². The smallest absolute Gasteiger partial charge is 0.416 e. The number of halogens is 3. The topological polar surface area (TPSA) is 47.9 Å². The van der Waals surface area contributed by atoms with E-state index in [9.17, 15) is 18.3 Å². The number of aliphatic hydroxyl groups is 1. The van der Waals surface area contributed by atoms with E-state index < -0.39 is 40.6 Å². The van der Waals surface area contributed by atoms with E-state index in [0.717, 1.165) is 30.3 Å². The Morgan fingerprint density at radius 3 is 2.25 bits per heavy atom. The van der Waals surface area contributed by atoms with E-state index in [1.54, 1.807) is 0 Å². The molecule has 0 radical (unpaired) electrons. The monoisotopic (exact) mass is 600 g/mol. The maximum atomic E-state index is 13.3. The molecule has 1 aliphatic carbocycles. The molecule has 2 rings (SSSR count). The first-order chi connectivity index (χ1) is 18.5. The van der Waals surface area contributed by atoms with Crippen LogP contribution in [0.1, 0.15) is 59.9 Å². The van der Waals surface area contributed by atoms with E-state index in [4.69, 9.17) is 13.6 Å². The molecule has 0 spiro atoms. The Hall–Kier alpha value is -1.40. The van der Waals surface area contributed by atoms with Crippen molar-refractivity contribution >= 4 is 16.6 Å². The summed E-state index contributed by atoms with van der Waals surface area (Å²) in [5.74, 6) is 0.0929. The van der Waals surface area contributed by atoms with Gasteiger partial charge in [-0.2, -0.15) is 13.2 Å². The summed E-state index contributed by atoms with van der Waals surface area (Å²) in [6, 6.07) is 7.77. The fourth-order valence-corrected chi connectivity index (χ4v) is 9.35. The van der Waals surface area contributed by atoms with Crippen LogP contribution in [0.4, 0.5) is 13.2 Å². The first-order valence-electron chi connectivity index (χ1n) is 14.7. The Balaban J connectivity index is 2.38. The number of ether oxygens (including phenoxy) is 1. The van der Waals surface area contributed by atoms with Crippen LogP contribution in [0.2, 0.25) is 36.3 Å². The average molecular weight is 601 g/mol. The first-order valence-corrected chi connectivity index (χ1v) is 20.1. The van der Waals surface area contributed by atoms with Gasteiger partial charge in [0.2, 0.25) is 0 Å². The minimum Gasteiger partial charge on any atom is -0.491 e. The molecule has 0 aliphatic heterocycles. The van der Waals surface area contributed by atoms with Crippen molar-refractivity contribution in [3.05, 3.63) is 54.6 Å². The quantitative estimate of drug-likeness (QED) is 0.171. The molecule has 9 heteroatoms. The third-order valence-corrected chi connectivity index (χ3v) is 18.2. The molecule has 1 saturated carbocycles. The molecule has 0 saturated heterocycles. The van der Waals surface area contributed by atoms with Gasteiger partial charge >= 0.3 is 6.18 Å². The van der Waals surface area contributed by atoms with Crippen LogP contribution >= 0.6 is 0 Å². The van der Waals surface area contributed by atoms with Crippen LogP contribution in [-0.4, -0.2) is 46.7 Å². The van der Waals surface area contributed by atoms with Crippen LogP contribution < -0.4 is 4.74 Å². The summed E-state index contributed by atoms with van der Waals surface area (Å²) < 4.78 is 59.3. The van der Waals surface area contributed by atoms with Gasteiger partial charge in [-0.05, 0) is 73.2 Å². The number of allylic oxidation sites excluding steroid dienone is 1. The number of rotatable bonds is 14. The summed E-state index contributed by atoms with van der Waals surface area (Å²) in [7, 11) is -4.16. The van der Waals surface area contributed by atoms with Crippen LogP contribution in [0.5, 0.6) is 5.75 Å². The molecule has 0 aromatic heterocycles. The van der Waals surface area contributed by atoms with Gasteiger partial charge in [0.1, 0.15) is 12.4 Å². The first kappa shape index (κ1) is 34.8. The molecule has 1 aromatic rings. The van der Waals surface area contributed by atoms with Gasteiger partial charge in [0.15, 0.2) is 16.6 Å². The van der Waals surface area contributed by atoms with Gasteiger partial charge in [0, 0.05) is 5.92 Å². The van der Waals surface area contributed by atoms with Crippen LogP contribution in [0, 0.1) is 11.8 Å². The zero-order valence-corrected chi connectivity index (χ0v) is 27.7. The van der Waals surface area contributed by atoms with E-state index in [2.05, 4.69) is 67.3 Å². The standard InChI is InChI=1S/C31H51F3O4Si2/c1-10-15-26-27(29(21-28(26)35)38-39(8,9)30(5,6)7)19-18-25(37-40(11-2,12-3)13-4)22-36-24-17-14-16-23(20-24)31(32,33)34/h10,14,16-20,25-29,35H,1,11-13,15,21-22H2,2-9H3/b19-18+/t25-,26-,27-,28+,29-/m1/s1. The van der Waals surface area contributed by atoms with Crippen molar-refractivity contribution < 1.29 is 31.9 Å². The molecule has 1 N–H and O–H groups in total. The number of hydrogen-bond acceptors (Lipinski definition) is 4. The van der Waals surface area contributed by atoms with Gasteiger partial charge in [-0.15, -0.1) is 6.58 Å². The molecule has 40 heavy (non-hydrogen) atoms. The molecule has 4 nitrogen and oxygen atoms in total. The van der Waals surface area contributed by atoms with Crippen molar-refractivity contribution in [2.24, 2.45) is 11.8 Å². The van der Waals surface area contributed by atoms with Crippen molar-refractivity contribution in [1.82, 2.24) is 0 Å². The van der Waals surface area contributed by atoms with Crippen molar-refractivity contribution in [2.45, 2.75) is 115 Å². The highest BCUT2D eigenvalue weighted by atomic mass is 28.4. The Morgan fingerprint density at radius 2 is 1.73 bits per heavy atom. The lowest BCUT2D eigenvalue weighted by atomic mass is 9.90. The number of benzene rings is 1. The molecule has 1 aliphatic rings. The van der Waals surface area contributed by atoms with E-state index >= 15 is 0 Å². The van der Waals surface area contributed by atoms with Crippen molar-refractivity contribution in [1.29, 1.82) is 0 Å². The highest BCUT2D eigenvalue weighted by molar-refractivity contribution is 6.74. The second-order valence-corrected chi connectivity index (χ2v) is 22.1. The van der Waals surface area contributed by atoms with E-state index in [1.165, 1.54) is 12.1 Å². The molecule has 0 unspecified atom stereocenters. The predicted molar refractivity (Wildman–Crippen MR) is 163 cm³/mol. The maximum absolute atomic E-state index is 13.3. The predicted octanol–water partition coefficient (Wildman–Crippen LogP) is 8.99. The summed E-state index contributed by atoms with van der Waals surface area (Å²) in [6.07, 6.45) is 1.66. The minimum absolute atomic E-state index is 0.0286. The molecule has 0 bridgehead atoms. The van der Waals surface area contributed by atoms with E-state index in [0.29, 0.717) is 12.8 Å². The Bertz CT molecular complexity index is 962. The van der Waals surface area contributed by atoms with Crippen molar-refractivity contribution in [2.75, 3.05) is 6.61 Å². The van der Waals surface area contributed by atoms with Crippen LogP contribution in [0.15, 0.2) is 49.1 Å². The lowest BCUT2D eigenvalue weighted by Gasteiger charge is -2.40. The highest BCUT2D eigenvalue weighted by Gasteiger charge is 2.47. The molecule has 0 amide bonds. The third-order valence-electron chi connectivity index (χ3n) is 9.04. The van der Waals surface area contributed by atoms with Crippen molar-refractivity contribution in [3.63, 3.8) is 0 Å². The van der Waals surface area contributed by atoms with Gasteiger partial charge < -0.3 is 18.7 Å². The van der Waals surface area contributed by atoms with Gasteiger partial charge in [-0.3, -0.25) is 0 Å². The molecule has 5 atom stereocenters. The second kappa shape index (κ2) is 14.2. The van der Waals surface area contributed by atoms with Gasteiger partial charge in [-0.1, -0.05) is 65.8 Å². The highest BCUT2D eigenvalue weighted by Crippen LogP contribution is 2.44. The second-order valence-electron chi connectivity index (χ2n) is 12.6. The largest absolute Gasteiger partial charge is 0.491 e. The Labute approximate surface area is 242 Å². The molecule has 228 valence electrons. The maximum Gasteiger partial charge on any atom is 0.416 e. The molecular weight excluding hydrogens is 550 g/mol. The summed E-state index contributed by atoms with van der Waals surface area (Å²) in [6.45, 7) is 21.5. The zero-order valence-electron chi connectivity index (χ0n) is 25.7. The molecule has 1 aromatic carbocycles. The van der Waals surface area contributed by atoms with Crippen LogP contribution in [-0.2, 0) is 15.0 Å². The number of hydrogen-bond donors (Lipinski definition) is 1. The number of aliphatic hydroxyl groups excluding tert-OH is 1. The van der Waals surface area contributed by atoms with Gasteiger partial charge in [0.25, 0.3) is 0 Å². The SMILES string of the molecule is C=CC[C@@H]1[C@@H](/C=C/[C@H](COc2cccc(C(F)(F)F)c2)O[Si](CC)(CC)CC)[C@H](O[Si](C)(C)C(C)(C)C)C[C@@H]1O. The number of alkyl halides is 3. The Kier molecular flexibility index (Phi) is 12.3. The summed E-state index contributed by atoms with van der Waals surface area (Å²) in [5, 5.41) is 11.0. The summed E-state index contributed by atoms with van der Waals surface area (Å²) in [5.41, 5.74) is -0.741. The van der Waals surface area contributed by atoms with E-state index in [-0.39, 0.29) is 35.3 Å². The molecular formula is C31H51F3O4Si2. The normalized spacial score (nSPS) is 23.5.